The van der Waals surface area contributed by atoms with E-state index in [1.165, 1.54) is 0 Å². The largest absolute Gasteiger partial charge is 0.378 e. The summed E-state index contributed by atoms with van der Waals surface area (Å²) in [6.07, 6.45) is 0.830. The fraction of sp³-hybridized carbons (Fsp3) is 0.278. The number of halogens is 2. The van der Waals surface area contributed by atoms with E-state index >= 15 is 0 Å². The van der Waals surface area contributed by atoms with Crippen LogP contribution >= 0.6 is 23.2 Å². The molecule has 2 atom stereocenters. The highest BCUT2D eigenvalue weighted by atomic mass is 35.5. The molecule has 2 aromatic carbocycles. The quantitative estimate of drug-likeness (QED) is 0.799. The van der Waals surface area contributed by atoms with Crippen LogP contribution in [0.3, 0.4) is 0 Å². The highest BCUT2D eigenvalue weighted by Gasteiger charge is 2.31. The summed E-state index contributed by atoms with van der Waals surface area (Å²) in [5, 5.41) is 4.58. The molecule has 23 heavy (non-hydrogen) atoms. The lowest BCUT2D eigenvalue weighted by molar-refractivity contribution is -0.117. The van der Waals surface area contributed by atoms with Crippen LogP contribution in [0.1, 0.15) is 31.9 Å². The molecule has 0 aliphatic carbocycles. The van der Waals surface area contributed by atoms with Crippen LogP contribution in [0.25, 0.3) is 0 Å². The first-order chi connectivity index (χ1) is 11.0. The fourth-order valence-corrected chi connectivity index (χ4v) is 3.51. The molecule has 120 valence electrons. The number of nitrogens with zero attached hydrogens (tertiary/aromatic N) is 1. The molecule has 0 unspecified atom stereocenters. The molecule has 1 aliphatic heterocycles. The van der Waals surface area contributed by atoms with Gasteiger partial charge in [-0.1, -0.05) is 41.4 Å². The Morgan fingerprint density at radius 3 is 2.61 bits per heavy atom. The summed E-state index contributed by atoms with van der Waals surface area (Å²) in [7, 11) is 0. The molecule has 3 nitrogen and oxygen atoms in total. The summed E-state index contributed by atoms with van der Waals surface area (Å²) in [5.74, 6) is 0.0675. The molecule has 0 bridgehead atoms. The van der Waals surface area contributed by atoms with Gasteiger partial charge >= 0.3 is 0 Å². The number of benzene rings is 2. The maximum Gasteiger partial charge on any atom is 0.224 e. The molecule has 0 fully saturated rings. The minimum absolute atomic E-state index is 0.0675. The highest BCUT2D eigenvalue weighted by molar-refractivity contribution is 6.42. The van der Waals surface area contributed by atoms with Crippen molar-refractivity contribution in [2.75, 3.05) is 10.2 Å². The van der Waals surface area contributed by atoms with Gasteiger partial charge in [-0.3, -0.25) is 4.79 Å². The molecule has 0 aromatic heterocycles. The third kappa shape index (κ3) is 3.17. The predicted octanol–water partition coefficient (Wildman–Crippen LogP) is 5.29. The number of carbonyl (C=O) groups excluding carboxylic acids is 1. The molecule has 5 heteroatoms. The van der Waals surface area contributed by atoms with Crippen LogP contribution < -0.4 is 10.2 Å². The van der Waals surface area contributed by atoms with Crippen LogP contribution in [0.15, 0.2) is 42.5 Å². The summed E-state index contributed by atoms with van der Waals surface area (Å²) in [4.78, 5) is 13.9. The number of hydrogen-bond donors (Lipinski definition) is 1. The van der Waals surface area contributed by atoms with Gasteiger partial charge in [-0.25, -0.2) is 0 Å². The van der Waals surface area contributed by atoms with E-state index in [2.05, 4.69) is 18.3 Å². The van der Waals surface area contributed by atoms with E-state index < -0.39 is 0 Å². The zero-order valence-electron chi connectivity index (χ0n) is 13.0. The van der Waals surface area contributed by atoms with E-state index in [0.717, 1.165) is 23.4 Å². The lowest BCUT2D eigenvalue weighted by Crippen LogP contribution is -2.43. The van der Waals surface area contributed by atoms with E-state index in [4.69, 9.17) is 23.2 Å². The summed E-state index contributed by atoms with van der Waals surface area (Å²) in [5.41, 5.74) is 3.01. The zero-order valence-corrected chi connectivity index (χ0v) is 14.5. The molecule has 0 spiro atoms. The van der Waals surface area contributed by atoms with Crippen LogP contribution in [0.4, 0.5) is 11.4 Å². The Morgan fingerprint density at radius 2 is 1.91 bits per heavy atom. The molecule has 1 amide bonds. The number of hydrogen-bond acceptors (Lipinski definition) is 2. The zero-order chi connectivity index (χ0) is 16.6. The van der Waals surface area contributed by atoms with Gasteiger partial charge in [0.05, 0.1) is 16.1 Å². The van der Waals surface area contributed by atoms with Crippen LogP contribution in [0, 0.1) is 0 Å². The summed E-state index contributed by atoms with van der Waals surface area (Å²) in [6, 6.07) is 13.8. The predicted molar refractivity (Wildman–Crippen MR) is 96.5 cm³/mol. The van der Waals surface area contributed by atoms with Crippen molar-refractivity contribution in [3.8, 4) is 0 Å². The minimum Gasteiger partial charge on any atom is -0.378 e. The molecule has 0 radical (unpaired) electrons. The van der Waals surface area contributed by atoms with Crippen molar-refractivity contribution in [1.82, 2.24) is 0 Å². The molecule has 2 aromatic rings. The topological polar surface area (TPSA) is 32.3 Å². The van der Waals surface area contributed by atoms with Crippen molar-refractivity contribution >= 4 is 40.5 Å². The van der Waals surface area contributed by atoms with Crippen molar-refractivity contribution < 1.29 is 4.79 Å². The molecular weight excluding hydrogens is 331 g/mol. The average Bonchev–Trinajstić information content (AvgIpc) is 2.50. The number of nitrogens with one attached hydrogen (secondary N) is 1. The Kier molecular flexibility index (Phi) is 4.51. The van der Waals surface area contributed by atoms with Crippen molar-refractivity contribution in [1.29, 1.82) is 0 Å². The number of amides is 1. The second kappa shape index (κ2) is 6.42. The van der Waals surface area contributed by atoms with Gasteiger partial charge in [0.2, 0.25) is 5.91 Å². The van der Waals surface area contributed by atoms with E-state index in [-0.39, 0.29) is 18.0 Å². The monoisotopic (exact) mass is 348 g/mol. The summed E-state index contributed by atoms with van der Waals surface area (Å²) in [6.45, 7) is 3.68. The van der Waals surface area contributed by atoms with Gasteiger partial charge < -0.3 is 10.2 Å². The SMILES string of the molecule is CC(=O)N1c2ccccc2[C@H](Nc2ccc(Cl)c(Cl)c2)C[C@@H]1C. The van der Waals surface area contributed by atoms with Crippen LogP contribution in [0.5, 0.6) is 0 Å². The smallest absolute Gasteiger partial charge is 0.224 e. The van der Waals surface area contributed by atoms with Gasteiger partial charge in [0.15, 0.2) is 0 Å². The minimum atomic E-state index is 0.0675. The van der Waals surface area contributed by atoms with Gasteiger partial charge in [0, 0.05) is 24.3 Å². The van der Waals surface area contributed by atoms with Crippen LogP contribution in [0.2, 0.25) is 10.0 Å². The first-order valence-electron chi connectivity index (χ1n) is 7.57. The van der Waals surface area contributed by atoms with Crippen molar-refractivity contribution in [3.63, 3.8) is 0 Å². The number of carbonyl (C=O) groups is 1. The average molecular weight is 349 g/mol. The first kappa shape index (κ1) is 16.2. The Labute approximate surface area is 146 Å². The lowest BCUT2D eigenvalue weighted by atomic mass is 9.91. The molecular formula is C18H18Cl2N2O. The maximum atomic E-state index is 12.0. The lowest BCUT2D eigenvalue weighted by Gasteiger charge is -2.39. The Balaban J connectivity index is 1.95. The fourth-order valence-electron chi connectivity index (χ4n) is 3.22. The molecule has 0 saturated carbocycles. The van der Waals surface area contributed by atoms with E-state index in [9.17, 15) is 4.79 Å². The Morgan fingerprint density at radius 1 is 1.17 bits per heavy atom. The van der Waals surface area contributed by atoms with Gasteiger partial charge in [-0.2, -0.15) is 0 Å². The van der Waals surface area contributed by atoms with Crippen molar-refractivity contribution in [3.05, 3.63) is 58.1 Å². The summed E-state index contributed by atoms with van der Waals surface area (Å²) >= 11 is 12.1. The highest BCUT2D eigenvalue weighted by Crippen LogP contribution is 2.39. The van der Waals surface area contributed by atoms with Crippen LogP contribution in [-0.2, 0) is 4.79 Å². The number of para-hydroxylation sites is 1. The second-order valence-corrected chi connectivity index (χ2v) is 6.67. The summed E-state index contributed by atoms with van der Waals surface area (Å²) < 4.78 is 0. The molecule has 3 rings (SSSR count). The molecule has 1 N–H and O–H groups in total. The Hall–Kier alpha value is -1.71. The third-order valence-electron chi connectivity index (χ3n) is 4.19. The van der Waals surface area contributed by atoms with Gasteiger partial charge in [-0.05, 0) is 43.2 Å². The Bertz CT molecular complexity index is 748. The van der Waals surface area contributed by atoms with E-state index in [0.29, 0.717) is 10.0 Å². The molecule has 0 saturated heterocycles. The van der Waals surface area contributed by atoms with Crippen molar-refractivity contribution in [2.24, 2.45) is 0 Å². The standard InChI is InChI=1S/C18H18Cl2N2O/c1-11-9-17(21-13-7-8-15(19)16(20)10-13)14-5-3-4-6-18(14)22(11)12(2)23/h3-8,10-11,17,21H,9H2,1-2H3/t11-,17+/m0/s1. The van der Waals surface area contributed by atoms with Gasteiger partial charge in [-0.15, -0.1) is 0 Å². The van der Waals surface area contributed by atoms with Gasteiger partial charge in [0.1, 0.15) is 0 Å². The van der Waals surface area contributed by atoms with Gasteiger partial charge in [0.25, 0.3) is 0 Å². The first-order valence-corrected chi connectivity index (χ1v) is 8.33. The molecule has 1 aliphatic rings. The number of fused-ring (bicyclic) bond motifs is 1. The van der Waals surface area contributed by atoms with E-state index in [1.54, 1.807) is 13.0 Å². The van der Waals surface area contributed by atoms with Crippen LogP contribution in [-0.4, -0.2) is 11.9 Å². The molecule has 1 heterocycles. The normalized spacial score (nSPS) is 20.1. The number of rotatable bonds is 2. The van der Waals surface area contributed by atoms with Crippen molar-refractivity contribution in [2.45, 2.75) is 32.4 Å². The van der Waals surface area contributed by atoms with E-state index in [1.807, 2.05) is 35.2 Å². The maximum absolute atomic E-state index is 12.0. The third-order valence-corrected chi connectivity index (χ3v) is 4.93. The number of anilines is 2. The second-order valence-electron chi connectivity index (χ2n) is 5.86.